The van der Waals surface area contributed by atoms with Gasteiger partial charge in [0.1, 0.15) is 5.82 Å². The average Bonchev–Trinajstić information content (AvgIpc) is 2.55. The minimum Gasteiger partial charge on any atom is -0.452 e. The molecule has 0 aliphatic rings. The number of benzene rings is 2. The summed E-state index contributed by atoms with van der Waals surface area (Å²) in [6, 6.07) is 6.01. The molecule has 0 bridgehead atoms. The van der Waals surface area contributed by atoms with Gasteiger partial charge < -0.3 is 10.1 Å². The highest BCUT2D eigenvalue weighted by Crippen LogP contribution is 2.40. The summed E-state index contributed by atoms with van der Waals surface area (Å²) in [6.45, 7) is -0.604. The molecule has 2 aromatic carbocycles. The highest BCUT2D eigenvalue weighted by molar-refractivity contribution is 6.50. The molecular formula is C15H8Cl4FNO3. The van der Waals surface area contributed by atoms with Crippen LogP contribution in [0.2, 0.25) is 20.1 Å². The first-order valence-corrected chi connectivity index (χ1v) is 7.86. The van der Waals surface area contributed by atoms with Crippen LogP contribution in [0.4, 0.5) is 10.1 Å². The molecule has 2 rings (SSSR count). The molecule has 24 heavy (non-hydrogen) atoms. The Bertz CT molecular complexity index is 770. The van der Waals surface area contributed by atoms with Crippen LogP contribution in [0.3, 0.4) is 0 Å². The van der Waals surface area contributed by atoms with Crippen molar-refractivity contribution in [2.45, 2.75) is 0 Å². The molecule has 4 nitrogen and oxygen atoms in total. The summed E-state index contributed by atoms with van der Waals surface area (Å²) < 4.78 is 17.6. The maximum atomic E-state index is 12.8. The number of esters is 1. The van der Waals surface area contributed by atoms with Crippen molar-refractivity contribution < 1.29 is 18.7 Å². The number of anilines is 1. The van der Waals surface area contributed by atoms with Crippen molar-refractivity contribution in [1.82, 2.24) is 0 Å². The summed E-state index contributed by atoms with van der Waals surface area (Å²) in [5.74, 6) is -1.98. The molecule has 0 saturated heterocycles. The van der Waals surface area contributed by atoms with Crippen molar-refractivity contribution in [3.63, 3.8) is 0 Å². The lowest BCUT2D eigenvalue weighted by atomic mass is 10.2. The smallest absolute Gasteiger partial charge is 0.338 e. The predicted molar refractivity (Wildman–Crippen MR) is 91.8 cm³/mol. The van der Waals surface area contributed by atoms with Crippen LogP contribution in [0.15, 0.2) is 30.3 Å². The number of halogens is 5. The van der Waals surface area contributed by atoms with Crippen molar-refractivity contribution in [1.29, 1.82) is 0 Å². The number of hydrogen-bond acceptors (Lipinski definition) is 3. The minimum atomic E-state index is -0.786. The van der Waals surface area contributed by atoms with Crippen LogP contribution >= 0.6 is 46.4 Å². The first kappa shape index (κ1) is 18.8. The summed E-state index contributed by atoms with van der Waals surface area (Å²) in [6.07, 6.45) is 0. The number of nitrogens with one attached hydrogen (secondary N) is 1. The Labute approximate surface area is 156 Å². The SMILES string of the molecule is O=C(COC(=O)c1ccc(F)cc1)Nc1c(Cl)c(Cl)cc(Cl)c1Cl. The zero-order valence-electron chi connectivity index (χ0n) is 11.7. The fraction of sp³-hybridized carbons (Fsp3) is 0.0667. The van der Waals surface area contributed by atoms with Gasteiger partial charge in [-0.05, 0) is 30.3 Å². The molecule has 1 amide bonds. The van der Waals surface area contributed by atoms with Gasteiger partial charge in [-0.3, -0.25) is 4.79 Å². The van der Waals surface area contributed by atoms with Gasteiger partial charge in [0.2, 0.25) is 0 Å². The van der Waals surface area contributed by atoms with Gasteiger partial charge in [0, 0.05) is 0 Å². The van der Waals surface area contributed by atoms with Crippen LogP contribution in [0.1, 0.15) is 10.4 Å². The number of carbonyl (C=O) groups is 2. The minimum absolute atomic E-state index is 0.00396. The van der Waals surface area contributed by atoms with Crippen molar-refractivity contribution in [2.75, 3.05) is 11.9 Å². The molecule has 0 heterocycles. The van der Waals surface area contributed by atoms with E-state index in [9.17, 15) is 14.0 Å². The first-order chi connectivity index (χ1) is 11.3. The second kappa shape index (κ2) is 8.03. The van der Waals surface area contributed by atoms with Crippen molar-refractivity contribution in [2.24, 2.45) is 0 Å². The van der Waals surface area contributed by atoms with Gasteiger partial charge in [0.05, 0.1) is 31.3 Å². The first-order valence-electron chi connectivity index (χ1n) is 6.35. The second-order valence-electron chi connectivity index (χ2n) is 4.47. The predicted octanol–water partition coefficient (Wildman–Crippen LogP) is 5.23. The van der Waals surface area contributed by atoms with Crippen LogP contribution < -0.4 is 5.32 Å². The summed E-state index contributed by atoms with van der Waals surface area (Å²) in [5, 5.41) is 2.58. The standard InChI is InChI=1S/C15H8Cl4FNO3/c16-9-5-10(17)13(19)14(12(9)18)21-11(22)6-24-15(23)7-1-3-8(20)4-2-7/h1-5H,6H2,(H,21,22). The third-order valence-electron chi connectivity index (χ3n) is 2.79. The zero-order chi connectivity index (χ0) is 17.9. The number of hydrogen-bond donors (Lipinski definition) is 1. The van der Waals surface area contributed by atoms with E-state index in [-0.39, 0.29) is 31.3 Å². The molecule has 0 aromatic heterocycles. The monoisotopic (exact) mass is 409 g/mol. The highest BCUT2D eigenvalue weighted by Gasteiger charge is 2.17. The summed E-state index contributed by atoms with van der Waals surface area (Å²) in [5.41, 5.74) is 0.115. The van der Waals surface area contributed by atoms with Gasteiger partial charge in [0.15, 0.2) is 6.61 Å². The van der Waals surface area contributed by atoms with E-state index in [0.29, 0.717) is 0 Å². The van der Waals surface area contributed by atoms with Gasteiger partial charge in [-0.2, -0.15) is 0 Å². The lowest BCUT2D eigenvalue weighted by Gasteiger charge is -2.12. The molecule has 0 spiro atoms. The average molecular weight is 411 g/mol. The Morgan fingerprint density at radius 3 is 2.08 bits per heavy atom. The maximum Gasteiger partial charge on any atom is 0.338 e. The lowest BCUT2D eigenvalue weighted by Crippen LogP contribution is -2.21. The normalized spacial score (nSPS) is 10.4. The van der Waals surface area contributed by atoms with Crippen LogP contribution in [-0.2, 0) is 9.53 Å². The van der Waals surface area contributed by atoms with E-state index in [0.717, 1.165) is 12.1 Å². The molecule has 2 aromatic rings. The van der Waals surface area contributed by atoms with E-state index in [1.165, 1.54) is 18.2 Å². The lowest BCUT2D eigenvalue weighted by molar-refractivity contribution is -0.119. The van der Waals surface area contributed by atoms with E-state index >= 15 is 0 Å². The number of carbonyl (C=O) groups excluding carboxylic acids is 2. The molecule has 0 fully saturated rings. The van der Waals surface area contributed by atoms with E-state index in [2.05, 4.69) is 5.32 Å². The molecule has 0 aliphatic carbocycles. The molecule has 0 radical (unpaired) electrons. The number of amides is 1. The Kier molecular flexibility index (Phi) is 6.29. The summed E-state index contributed by atoms with van der Waals surface area (Å²) in [7, 11) is 0. The highest BCUT2D eigenvalue weighted by atomic mass is 35.5. The Balaban J connectivity index is 2.02. The molecule has 126 valence electrons. The fourth-order valence-electron chi connectivity index (χ4n) is 1.66. The Hall–Kier alpha value is -1.53. The number of rotatable bonds is 4. The van der Waals surface area contributed by atoms with Gasteiger partial charge in [0.25, 0.3) is 5.91 Å². The quantitative estimate of drug-likeness (QED) is 0.554. The largest absolute Gasteiger partial charge is 0.452 e. The van der Waals surface area contributed by atoms with Crippen LogP contribution in [0.25, 0.3) is 0 Å². The molecule has 0 unspecified atom stereocenters. The van der Waals surface area contributed by atoms with Gasteiger partial charge in [-0.1, -0.05) is 46.4 Å². The fourth-order valence-corrected chi connectivity index (χ4v) is 2.56. The van der Waals surface area contributed by atoms with Crippen molar-refractivity contribution in [3.8, 4) is 0 Å². The van der Waals surface area contributed by atoms with Crippen molar-refractivity contribution in [3.05, 3.63) is 61.8 Å². The summed E-state index contributed by atoms with van der Waals surface area (Å²) >= 11 is 23.6. The molecule has 0 saturated carbocycles. The van der Waals surface area contributed by atoms with E-state index < -0.39 is 24.3 Å². The molecule has 0 atom stereocenters. The summed E-state index contributed by atoms with van der Waals surface area (Å²) in [4.78, 5) is 23.6. The Morgan fingerprint density at radius 1 is 1.00 bits per heavy atom. The van der Waals surface area contributed by atoms with Crippen LogP contribution in [-0.4, -0.2) is 18.5 Å². The van der Waals surface area contributed by atoms with E-state index in [1.807, 2.05) is 0 Å². The van der Waals surface area contributed by atoms with E-state index in [4.69, 9.17) is 51.1 Å². The molecular weight excluding hydrogens is 403 g/mol. The van der Waals surface area contributed by atoms with Crippen LogP contribution in [0.5, 0.6) is 0 Å². The number of ether oxygens (including phenoxy) is 1. The van der Waals surface area contributed by atoms with Crippen molar-refractivity contribution >= 4 is 64.0 Å². The second-order valence-corrected chi connectivity index (χ2v) is 6.04. The molecule has 0 aliphatic heterocycles. The topological polar surface area (TPSA) is 55.4 Å². The third-order valence-corrected chi connectivity index (χ3v) is 4.37. The van der Waals surface area contributed by atoms with Gasteiger partial charge in [-0.15, -0.1) is 0 Å². The Morgan fingerprint density at radius 2 is 1.54 bits per heavy atom. The zero-order valence-corrected chi connectivity index (χ0v) is 14.7. The molecule has 1 N–H and O–H groups in total. The third kappa shape index (κ3) is 4.51. The van der Waals surface area contributed by atoms with Gasteiger partial charge in [-0.25, -0.2) is 9.18 Å². The molecule has 9 heteroatoms. The van der Waals surface area contributed by atoms with E-state index in [1.54, 1.807) is 0 Å². The maximum absolute atomic E-state index is 12.8. The van der Waals surface area contributed by atoms with Gasteiger partial charge >= 0.3 is 5.97 Å². The van der Waals surface area contributed by atoms with Crippen LogP contribution in [0, 0.1) is 5.82 Å².